The van der Waals surface area contributed by atoms with E-state index in [1.54, 1.807) is 19.1 Å². The van der Waals surface area contributed by atoms with E-state index in [2.05, 4.69) is 11.8 Å². The minimum absolute atomic E-state index is 0.0753. The molecule has 2 heteroatoms. The average Bonchev–Trinajstić information content (AvgIpc) is 2.09. The van der Waals surface area contributed by atoms with Crippen LogP contribution in [0.2, 0.25) is 0 Å². The minimum atomic E-state index is -0.0753. The summed E-state index contributed by atoms with van der Waals surface area (Å²) in [6.45, 7) is 3.70. The Morgan fingerprint density at radius 2 is 1.92 bits per heavy atom. The largest absolute Gasteiger partial charge is 0.478 e. The number of benzene rings is 1. The number of nitrogen functional groups attached to an aromatic ring is 1. The first-order valence-electron chi connectivity index (χ1n) is 4.17. The second kappa shape index (κ2) is 4.42. The maximum absolute atomic E-state index is 5.53. The topological polar surface area (TPSA) is 35.2 Å². The molecule has 0 radical (unpaired) electrons. The second-order valence-corrected chi connectivity index (χ2v) is 2.72. The molecule has 2 N–H and O–H groups in total. The van der Waals surface area contributed by atoms with Crippen molar-refractivity contribution in [2.24, 2.45) is 0 Å². The summed E-state index contributed by atoms with van der Waals surface area (Å²) in [6, 6.07) is 7.29. The fraction of sp³-hybridized carbons (Fsp3) is 0.273. The Balaban J connectivity index is 2.62. The molecule has 0 aromatic heterocycles. The van der Waals surface area contributed by atoms with Gasteiger partial charge in [0.25, 0.3) is 0 Å². The maximum Gasteiger partial charge on any atom is 0.156 e. The molecule has 1 rings (SSSR count). The molecule has 0 amide bonds. The number of hydrogen-bond acceptors (Lipinski definition) is 2. The lowest BCUT2D eigenvalue weighted by atomic mass is 10.3. The first-order chi connectivity index (χ1) is 6.22. The van der Waals surface area contributed by atoms with Gasteiger partial charge in [0, 0.05) is 5.69 Å². The van der Waals surface area contributed by atoms with E-state index >= 15 is 0 Å². The Hall–Kier alpha value is -1.62. The average molecular weight is 175 g/mol. The molecular formula is C11H13NO. The van der Waals surface area contributed by atoms with E-state index in [0.717, 1.165) is 11.4 Å². The number of hydrogen-bond donors (Lipinski definition) is 1. The van der Waals surface area contributed by atoms with Gasteiger partial charge in [0.2, 0.25) is 0 Å². The Labute approximate surface area is 78.7 Å². The molecule has 1 atom stereocenters. The number of nitrogens with two attached hydrogens (primary N) is 1. The molecule has 1 unspecified atom stereocenters. The van der Waals surface area contributed by atoms with Gasteiger partial charge in [0.05, 0.1) is 0 Å². The van der Waals surface area contributed by atoms with E-state index in [9.17, 15) is 0 Å². The van der Waals surface area contributed by atoms with Crippen molar-refractivity contribution >= 4 is 5.69 Å². The van der Waals surface area contributed by atoms with Crippen molar-refractivity contribution in [2.45, 2.75) is 20.0 Å². The van der Waals surface area contributed by atoms with Gasteiger partial charge < -0.3 is 10.5 Å². The van der Waals surface area contributed by atoms with Gasteiger partial charge in [-0.1, -0.05) is 5.92 Å². The quantitative estimate of drug-likeness (QED) is 0.551. The van der Waals surface area contributed by atoms with E-state index in [-0.39, 0.29) is 6.10 Å². The molecule has 0 saturated carbocycles. The normalized spacial score (nSPS) is 11.2. The van der Waals surface area contributed by atoms with Crippen LogP contribution in [0.3, 0.4) is 0 Å². The van der Waals surface area contributed by atoms with E-state index in [4.69, 9.17) is 10.5 Å². The number of ether oxygens (including phenoxy) is 1. The van der Waals surface area contributed by atoms with Gasteiger partial charge in [0.1, 0.15) is 5.75 Å². The second-order valence-electron chi connectivity index (χ2n) is 2.72. The van der Waals surface area contributed by atoms with Gasteiger partial charge in [-0.15, -0.1) is 5.92 Å². The standard InChI is InChI=1S/C11H13NO/c1-3-4-9(2)13-11-7-5-10(12)6-8-11/h5-9H,12H2,1-2H3. The molecule has 0 aliphatic rings. The summed E-state index contributed by atoms with van der Waals surface area (Å²) in [4.78, 5) is 0. The highest BCUT2D eigenvalue weighted by Crippen LogP contribution is 2.14. The fourth-order valence-electron chi connectivity index (χ4n) is 0.983. The molecule has 1 aromatic rings. The summed E-state index contributed by atoms with van der Waals surface area (Å²) >= 11 is 0. The summed E-state index contributed by atoms with van der Waals surface area (Å²) in [7, 11) is 0. The lowest BCUT2D eigenvalue weighted by Gasteiger charge is -2.08. The Morgan fingerprint density at radius 3 is 2.46 bits per heavy atom. The highest BCUT2D eigenvalue weighted by Gasteiger charge is 1.97. The van der Waals surface area contributed by atoms with E-state index in [0.29, 0.717) is 0 Å². The fourth-order valence-corrected chi connectivity index (χ4v) is 0.983. The van der Waals surface area contributed by atoms with Crippen molar-refractivity contribution in [1.82, 2.24) is 0 Å². The van der Waals surface area contributed by atoms with Crippen LogP contribution in [-0.2, 0) is 0 Å². The van der Waals surface area contributed by atoms with Crippen molar-refractivity contribution in [3.63, 3.8) is 0 Å². The summed E-state index contributed by atoms with van der Waals surface area (Å²) in [5.74, 6) is 6.50. The summed E-state index contributed by atoms with van der Waals surface area (Å²) < 4.78 is 5.48. The third-order valence-electron chi connectivity index (χ3n) is 1.54. The molecule has 0 spiro atoms. The summed E-state index contributed by atoms with van der Waals surface area (Å²) in [5, 5.41) is 0. The SMILES string of the molecule is CC#CC(C)Oc1ccc(N)cc1. The van der Waals surface area contributed by atoms with E-state index < -0.39 is 0 Å². The van der Waals surface area contributed by atoms with Crippen LogP contribution >= 0.6 is 0 Å². The van der Waals surface area contributed by atoms with Crippen LogP contribution in [0.1, 0.15) is 13.8 Å². The molecule has 68 valence electrons. The molecule has 0 fully saturated rings. The monoisotopic (exact) mass is 175 g/mol. The third-order valence-corrected chi connectivity index (χ3v) is 1.54. The van der Waals surface area contributed by atoms with Gasteiger partial charge >= 0.3 is 0 Å². The molecule has 0 saturated heterocycles. The first-order valence-corrected chi connectivity index (χ1v) is 4.17. The Morgan fingerprint density at radius 1 is 1.31 bits per heavy atom. The first kappa shape index (κ1) is 9.47. The maximum atomic E-state index is 5.53. The van der Waals surface area contributed by atoms with Crippen molar-refractivity contribution in [1.29, 1.82) is 0 Å². The van der Waals surface area contributed by atoms with Crippen molar-refractivity contribution in [3.05, 3.63) is 24.3 Å². The Bertz CT molecular complexity index is 318. The predicted molar refractivity (Wildman–Crippen MR) is 54.4 cm³/mol. The van der Waals surface area contributed by atoms with Crippen LogP contribution in [0.15, 0.2) is 24.3 Å². The van der Waals surface area contributed by atoms with Crippen molar-refractivity contribution in [3.8, 4) is 17.6 Å². The summed E-state index contributed by atoms with van der Waals surface area (Å²) in [5.41, 5.74) is 6.27. The Kier molecular flexibility index (Phi) is 3.22. The zero-order valence-electron chi connectivity index (χ0n) is 7.87. The van der Waals surface area contributed by atoms with Gasteiger partial charge in [-0.2, -0.15) is 0 Å². The van der Waals surface area contributed by atoms with Gasteiger partial charge in [-0.25, -0.2) is 0 Å². The lowest BCUT2D eigenvalue weighted by molar-refractivity contribution is 0.279. The molecule has 0 heterocycles. The molecule has 0 bridgehead atoms. The van der Waals surface area contributed by atoms with Crippen LogP contribution in [0.25, 0.3) is 0 Å². The zero-order chi connectivity index (χ0) is 9.68. The smallest absolute Gasteiger partial charge is 0.156 e. The molecular weight excluding hydrogens is 162 g/mol. The van der Waals surface area contributed by atoms with Crippen LogP contribution in [0, 0.1) is 11.8 Å². The lowest BCUT2D eigenvalue weighted by Crippen LogP contribution is -2.08. The van der Waals surface area contributed by atoms with E-state index in [1.807, 2.05) is 19.1 Å². The summed E-state index contributed by atoms with van der Waals surface area (Å²) in [6.07, 6.45) is -0.0753. The van der Waals surface area contributed by atoms with Crippen LogP contribution < -0.4 is 10.5 Å². The number of rotatable bonds is 2. The van der Waals surface area contributed by atoms with Crippen LogP contribution in [0.5, 0.6) is 5.75 Å². The van der Waals surface area contributed by atoms with Crippen LogP contribution in [-0.4, -0.2) is 6.10 Å². The molecule has 0 aliphatic carbocycles. The molecule has 1 aromatic carbocycles. The van der Waals surface area contributed by atoms with E-state index in [1.165, 1.54) is 0 Å². The van der Waals surface area contributed by atoms with Gasteiger partial charge in [0.15, 0.2) is 6.10 Å². The van der Waals surface area contributed by atoms with Crippen molar-refractivity contribution in [2.75, 3.05) is 5.73 Å². The van der Waals surface area contributed by atoms with Gasteiger partial charge in [-0.3, -0.25) is 0 Å². The van der Waals surface area contributed by atoms with Crippen LogP contribution in [0.4, 0.5) is 5.69 Å². The minimum Gasteiger partial charge on any atom is -0.478 e. The third kappa shape index (κ3) is 3.08. The molecule has 2 nitrogen and oxygen atoms in total. The highest BCUT2D eigenvalue weighted by molar-refractivity contribution is 5.41. The predicted octanol–water partition coefficient (Wildman–Crippen LogP) is 2.06. The van der Waals surface area contributed by atoms with Crippen molar-refractivity contribution < 1.29 is 4.74 Å². The molecule has 0 aliphatic heterocycles. The number of anilines is 1. The zero-order valence-corrected chi connectivity index (χ0v) is 7.87. The highest BCUT2D eigenvalue weighted by atomic mass is 16.5. The van der Waals surface area contributed by atoms with Gasteiger partial charge in [-0.05, 0) is 38.1 Å². The molecule has 13 heavy (non-hydrogen) atoms.